The Hall–Kier alpha value is -1.35. The molecule has 4 atom stereocenters. The van der Waals surface area contributed by atoms with Gasteiger partial charge < -0.3 is 10.1 Å². The van der Waals surface area contributed by atoms with Crippen LogP contribution in [0.25, 0.3) is 0 Å². The van der Waals surface area contributed by atoms with Gasteiger partial charge >= 0.3 is 0 Å². The van der Waals surface area contributed by atoms with Gasteiger partial charge in [0, 0.05) is 13.0 Å². The van der Waals surface area contributed by atoms with Crippen LogP contribution in [0.4, 0.5) is 0 Å². The van der Waals surface area contributed by atoms with Crippen LogP contribution in [0, 0.1) is 23.7 Å². The zero-order valence-corrected chi connectivity index (χ0v) is 15.6. The molecule has 1 N–H and O–H groups in total. The van der Waals surface area contributed by atoms with Gasteiger partial charge in [-0.1, -0.05) is 57.5 Å². The summed E-state index contributed by atoms with van der Waals surface area (Å²) in [4.78, 5) is 13.0. The molecule has 0 aliphatic heterocycles. The second kappa shape index (κ2) is 9.22. The predicted octanol–water partition coefficient (Wildman–Crippen LogP) is 4.07. The van der Waals surface area contributed by atoms with Crippen molar-refractivity contribution in [2.24, 2.45) is 23.7 Å². The van der Waals surface area contributed by atoms with Gasteiger partial charge in [0.15, 0.2) is 0 Å². The van der Waals surface area contributed by atoms with E-state index in [0.29, 0.717) is 24.4 Å². The van der Waals surface area contributed by atoms with Crippen LogP contribution in [0.2, 0.25) is 0 Å². The maximum absolute atomic E-state index is 13.0. The van der Waals surface area contributed by atoms with Crippen molar-refractivity contribution >= 4 is 5.91 Å². The summed E-state index contributed by atoms with van der Waals surface area (Å²) >= 11 is 0. The lowest BCUT2D eigenvalue weighted by Gasteiger charge is -2.37. The van der Waals surface area contributed by atoms with E-state index < -0.39 is 0 Å². The van der Waals surface area contributed by atoms with Crippen LogP contribution < -0.4 is 5.32 Å². The molecule has 0 aromatic heterocycles. The largest absolute Gasteiger partial charge is 0.383 e. The van der Waals surface area contributed by atoms with Crippen molar-refractivity contribution in [2.45, 2.75) is 52.5 Å². The number of hydrogen-bond donors (Lipinski definition) is 1. The fourth-order valence-electron chi connectivity index (χ4n) is 4.06. The summed E-state index contributed by atoms with van der Waals surface area (Å²) in [7, 11) is 1.70. The minimum Gasteiger partial charge on any atom is -0.383 e. The van der Waals surface area contributed by atoms with E-state index >= 15 is 0 Å². The molecule has 3 heteroatoms. The molecule has 0 radical (unpaired) electrons. The molecule has 0 heterocycles. The van der Waals surface area contributed by atoms with Crippen LogP contribution in [0.5, 0.6) is 0 Å². The fourth-order valence-corrected chi connectivity index (χ4v) is 4.06. The molecular formula is C21H33NO2. The Morgan fingerprint density at radius 3 is 2.58 bits per heavy atom. The van der Waals surface area contributed by atoms with Crippen molar-refractivity contribution in [3.63, 3.8) is 0 Å². The lowest BCUT2D eigenvalue weighted by Crippen LogP contribution is -2.46. The third-order valence-electron chi connectivity index (χ3n) is 5.40. The van der Waals surface area contributed by atoms with Gasteiger partial charge in [-0.05, 0) is 42.6 Å². The Morgan fingerprint density at radius 2 is 1.96 bits per heavy atom. The van der Waals surface area contributed by atoms with Crippen LogP contribution in [-0.4, -0.2) is 25.7 Å². The van der Waals surface area contributed by atoms with Crippen molar-refractivity contribution in [1.29, 1.82) is 0 Å². The normalized spacial score (nSPS) is 25.5. The molecule has 1 aliphatic carbocycles. The molecular weight excluding hydrogens is 298 g/mol. The molecule has 0 spiro atoms. The lowest BCUT2D eigenvalue weighted by molar-refractivity contribution is -0.130. The van der Waals surface area contributed by atoms with Crippen LogP contribution in [0.3, 0.4) is 0 Å². The Labute approximate surface area is 147 Å². The van der Waals surface area contributed by atoms with Gasteiger partial charge in [-0.3, -0.25) is 4.79 Å². The molecule has 1 aliphatic rings. The summed E-state index contributed by atoms with van der Waals surface area (Å²) in [5.41, 5.74) is 1.23. The van der Waals surface area contributed by atoms with Crippen molar-refractivity contribution in [2.75, 3.05) is 13.7 Å². The summed E-state index contributed by atoms with van der Waals surface area (Å²) in [5.74, 6) is 2.07. The van der Waals surface area contributed by atoms with E-state index in [4.69, 9.17) is 4.74 Å². The molecule has 24 heavy (non-hydrogen) atoms. The molecule has 3 nitrogen and oxygen atoms in total. The average Bonchev–Trinajstić information content (AvgIpc) is 2.55. The number of benzene rings is 1. The Kier molecular flexibility index (Phi) is 7.29. The first-order valence-electron chi connectivity index (χ1n) is 9.34. The molecule has 0 saturated heterocycles. The van der Waals surface area contributed by atoms with Crippen molar-refractivity contribution in [3.8, 4) is 0 Å². The third-order valence-corrected chi connectivity index (χ3v) is 5.40. The van der Waals surface area contributed by atoms with E-state index in [1.54, 1.807) is 7.11 Å². The smallest absolute Gasteiger partial charge is 0.223 e. The van der Waals surface area contributed by atoms with Gasteiger partial charge in [0.1, 0.15) is 0 Å². The van der Waals surface area contributed by atoms with E-state index in [1.165, 1.54) is 18.4 Å². The Balaban J connectivity index is 2.02. The summed E-state index contributed by atoms with van der Waals surface area (Å²) < 4.78 is 5.35. The average molecular weight is 332 g/mol. The van der Waals surface area contributed by atoms with E-state index in [-0.39, 0.29) is 17.9 Å². The highest BCUT2D eigenvalue weighted by Crippen LogP contribution is 2.38. The van der Waals surface area contributed by atoms with Crippen LogP contribution in [-0.2, 0) is 16.0 Å². The van der Waals surface area contributed by atoms with Crippen molar-refractivity contribution < 1.29 is 9.53 Å². The summed E-state index contributed by atoms with van der Waals surface area (Å²) in [6.45, 7) is 7.32. The van der Waals surface area contributed by atoms with Crippen LogP contribution in [0.15, 0.2) is 30.3 Å². The lowest BCUT2D eigenvalue weighted by atomic mass is 9.69. The molecule has 2 rings (SSSR count). The standard InChI is InChI=1S/C21H33NO2/c1-15(2)19-11-10-16(3)12-20(19)21(23)22-18(14-24-4)13-17-8-6-5-7-9-17/h5-9,15-16,18-20H,10-14H2,1-4H3,(H,22,23)/t16-,18+,19+,20-/m1/s1. The zero-order valence-electron chi connectivity index (χ0n) is 15.6. The first-order chi connectivity index (χ1) is 11.5. The number of nitrogens with one attached hydrogen (secondary N) is 1. The summed E-state index contributed by atoms with van der Waals surface area (Å²) in [6, 6.07) is 10.3. The highest BCUT2D eigenvalue weighted by molar-refractivity contribution is 5.79. The number of hydrogen-bond acceptors (Lipinski definition) is 2. The summed E-state index contributed by atoms with van der Waals surface area (Å²) in [5, 5.41) is 3.28. The van der Waals surface area contributed by atoms with Gasteiger partial charge in [-0.2, -0.15) is 0 Å². The Morgan fingerprint density at radius 1 is 1.25 bits per heavy atom. The number of carbonyl (C=O) groups excluding carboxylic acids is 1. The maximum atomic E-state index is 13.0. The van der Waals surface area contributed by atoms with Crippen molar-refractivity contribution in [3.05, 3.63) is 35.9 Å². The minimum atomic E-state index is 0.0370. The number of amides is 1. The van der Waals surface area contributed by atoms with Gasteiger partial charge in [0.25, 0.3) is 0 Å². The van der Waals surface area contributed by atoms with E-state index in [9.17, 15) is 4.79 Å². The van der Waals surface area contributed by atoms with Crippen molar-refractivity contribution in [1.82, 2.24) is 5.32 Å². The molecule has 1 amide bonds. The highest BCUT2D eigenvalue weighted by atomic mass is 16.5. The summed E-state index contributed by atoms with van der Waals surface area (Å²) in [6.07, 6.45) is 4.25. The van der Waals surface area contributed by atoms with Crippen LogP contribution >= 0.6 is 0 Å². The van der Waals surface area contributed by atoms with Gasteiger partial charge in [-0.15, -0.1) is 0 Å². The van der Waals surface area contributed by atoms with Gasteiger partial charge in [0.2, 0.25) is 5.91 Å². The first-order valence-corrected chi connectivity index (χ1v) is 9.34. The number of rotatable bonds is 7. The van der Waals surface area contributed by atoms with E-state index in [2.05, 4.69) is 38.2 Å². The molecule has 1 fully saturated rings. The number of carbonyl (C=O) groups is 1. The predicted molar refractivity (Wildman–Crippen MR) is 98.8 cm³/mol. The molecule has 1 aromatic carbocycles. The highest BCUT2D eigenvalue weighted by Gasteiger charge is 2.35. The fraction of sp³-hybridized carbons (Fsp3) is 0.667. The monoisotopic (exact) mass is 331 g/mol. The molecule has 0 unspecified atom stereocenters. The number of methoxy groups -OCH3 is 1. The number of ether oxygens (including phenoxy) is 1. The van der Waals surface area contributed by atoms with Gasteiger partial charge in [0.05, 0.1) is 12.6 Å². The van der Waals surface area contributed by atoms with E-state index in [1.807, 2.05) is 18.2 Å². The quantitative estimate of drug-likeness (QED) is 0.818. The van der Waals surface area contributed by atoms with Crippen LogP contribution in [0.1, 0.15) is 45.6 Å². The maximum Gasteiger partial charge on any atom is 0.223 e. The Bertz CT molecular complexity index is 500. The van der Waals surface area contributed by atoms with Gasteiger partial charge in [-0.25, -0.2) is 0 Å². The molecule has 0 bridgehead atoms. The second-order valence-electron chi connectivity index (χ2n) is 7.78. The molecule has 134 valence electrons. The molecule has 1 aromatic rings. The SMILES string of the molecule is COC[C@H](Cc1ccccc1)NC(=O)[C@@H]1C[C@H](C)CC[C@H]1C(C)C. The second-order valence-corrected chi connectivity index (χ2v) is 7.78. The minimum absolute atomic E-state index is 0.0370. The molecule has 1 saturated carbocycles. The first kappa shape index (κ1) is 19.0. The third kappa shape index (κ3) is 5.34. The van der Waals surface area contributed by atoms with E-state index in [0.717, 1.165) is 12.8 Å². The topological polar surface area (TPSA) is 38.3 Å². The zero-order chi connectivity index (χ0) is 17.5.